The Kier molecular flexibility index (Phi) is 10.3. The Bertz CT molecular complexity index is 1240. The van der Waals surface area contributed by atoms with Crippen molar-refractivity contribution >= 4 is 44.8 Å². The van der Waals surface area contributed by atoms with Crippen molar-refractivity contribution in [1.82, 2.24) is 10.2 Å². The lowest BCUT2D eigenvalue weighted by Crippen LogP contribution is -2.52. The van der Waals surface area contributed by atoms with Gasteiger partial charge in [-0.25, -0.2) is 8.42 Å². The van der Waals surface area contributed by atoms with Crippen molar-refractivity contribution < 1.29 is 27.7 Å². The van der Waals surface area contributed by atoms with Crippen molar-refractivity contribution in [3.8, 4) is 5.75 Å². The molecule has 0 aliphatic heterocycles. The van der Waals surface area contributed by atoms with Crippen LogP contribution in [0.25, 0.3) is 0 Å². The van der Waals surface area contributed by atoms with Crippen molar-refractivity contribution in [2.45, 2.75) is 45.8 Å². The van der Waals surface area contributed by atoms with Crippen LogP contribution in [0.2, 0.25) is 5.02 Å². The van der Waals surface area contributed by atoms with Gasteiger partial charge in [0.2, 0.25) is 21.8 Å². The highest BCUT2D eigenvalue weighted by molar-refractivity contribution is 7.92. The van der Waals surface area contributed by atoms with E-state index >= 15 is 0 Å². The van der Waals surface area contributed by atoms with Gasteiger partial charge in [0.05, 0.1) is 18.3 Å². The minimum Gasteiger partial charge on any atom is -0.495 e. The number of ether oxygens (including phenoxy) is 1. The Morgan fingerprint density at radius 2 is 1.78 bits per heavy atom. The van der Waals surface area contributed by atoms with E-state index in [1.54, 1.807) is 31.2 Å². The Balaban J connectivity index is 2.50. The third-order valence-electron chi connectivity index (χ3n) is 5.76. The van der Waals surface area contributed by atoms with Gasteiger partial charge in [-0.3, -0.25) is 24.0 Å². The molecule has 0 fully saturated rings. The van der Waals surface area contributed by atoms with E-state index < -0.39 is 39.3 Å². The molecule has 0 bridgehead atoms. The second-order valence-corrected chi connectivity index (χ2v) is 10.9. The molecule has 0 aromatic heterocycles. The first-order chi connectivity index (χ1) is 17.3. The summed E-state index contributed by atoms with van der Waals surface area (Å²) >= 11 is 5.97. The second-order valence-electron chi connectivity index (χ2n) is 8.52. The van der Waals surface area contributed by atoms with Crippen LogP contribution in [0.15, 0.2) is 42.5 Å². The lowest BCUT2D eigenvalue weighted by Gasteiger charge is -2.32. The van der Waals surface area contributed by atoms with E-state index in [2.05, 4.69) is 5.32 Å². The smallest absolute Gasteiger partial charge is 0.271 e. The summed E-state index contributed by atoms with van der Waals surface area (Å²) in [6.07, 6.45) is 1.55. The number of nitrogens with zero attached hydrogens (tertiary/aromatic N) is 3. The number of carbonyl (C=O) groups excluding carboxylic acids is 2. The molecular formula is C24H31ClN4O7S. The van der Waals surface area contributed by atoms with E-state index in [9.17, 15) is 28.1 Å². The predicted octanol–water partition coefficient (Wildman–Crippen LogP) is 3.35. The van der Waals surface area contributed by atoms with Gasteiger partial charge in [-0.15, -0.1) is 0 Å². The van der Waals surface area contributed by atoms with Crippen LogP contribution in [0, 0.1) is 10.1 Å². The van der Waals surface area contributed by atoms with Gasteiger partial charge >= 0.3 is 0 Å². The Morgan fingerprint density at radius 1 is 1.16 bits per heavy atom. The van der Waals surface area contributed by atoms with E-state index in [1.807, 2.05) is 13.8 Å². The summed E-state index contributed by atoms with van der Waals surface area (Å²) in [7, 11) is -2.82. The topological polar surface area (TPSA) is 139 Å². The normalized spacial score (nSPS) is 12.8. The zero-order chi connectivity index (χ0) is 27.9. The highest BCUT2D eigenvalue weighted by atomic mass is 35.5. The molecule has 1 N–H and O–H groups in total. The zero-order valence-corrected chi connectivity index (χ0v) is 22.9. The minimum atomic E-state index is -4.10. The van der Waals surface area contributed by atoms with Crippen molar-refractivity contribution in [2.24, 2.45) is 0 Å². The molecule has 2 amide bonds. The van der Waals surface area contributed by atoms with Gasteiger partial charge in [0.1, 0.15) is 24.0 Å². The number of anilines is 1. The molecule has 11 nitrogen and oxygen atoms in total. The first kappa shape index (κ1) is 29.8. The van der Waals surface area contributed by atoms with Gasteiger partial charge in [-0.05, 0) is 44.0 Å². The number of benzene rings is 2. The van der Waals surface area contributed by atoms with E-state index in [1.165, 1.54) is 24.1 Å². The number of nitro benzene ring substituents is 1. The Labute approximate surface area is 221 Å². The number of methoxy groups -OCH3 is 1. The molecule has 2 rings (SSSR count). The molecule has 0 heterocycles. The van der Waals surface area contributed by atoms with Crippen molar-refractivity contribution in [3.05, 3.63) is 63.2 Å². The second kappa shape index (κ2) is 12.7. The van der Waals surface area contributed by atoms with Crippen LogP contribution in [-0.4, -0.2) is 62.0 Å². The monoisotopic (exact) mass is 554 g/mol. The minimum absolute atomic E-state index is 0.00519. The SMILES string of the molecule is CC[C@H](C)NC(=O)[C@@H](C)N(Cc1ccc(Cl)cc1)C(=O)CN(c1cc([N+](=O)[O-])ccc1OC)S(C)(=O)=O. The van der Waals surface area contributed by atoms with E-state index in [0.29, 0.717) is 17.0 Å². The van der Waals surface area contributed by atoms with Gasteiger partial charge in [-0.2, -0.15) is 0 Å². The number of nitrogens with one attached hydrogen (secondary N) is 1. The largest absolute Gasteiger partial charge is 0.495 e. The molecule has 0 saturated heterocycles. The number of halogens is 1. The molecule has 13 heteroatoms. The Morgan fingerprint density at radius 3 is 2.30 bits per heavy atom. The molecule has 202 valence electrons. The van der Waals surface area contributed by atoms with Crippen molar-refractivity contribution in [3.63, 3.8) is 0 Å². The average molecular weight is 555 g/mol. The molecule has 2 aromatic rings. The molecule has 2 atom stereocenters. The summed E-state index contributed by atoms with van der Waals surface area (Å²) in [4.78, 5) is 38.4. The first-order valence-corrected chi connectivity index (χ1v) is 13.7. The summed E-state index contributed by atoms with van der Waals surface area (Å²) in [5, 5.41) is 14.7. The van der Waals surface area contributed by atoms with Gasteiger partial charge in [0, 0.05) is 29.7 Å². The molecule has 2 aromatic carbocycles. The summed E-state index contributed by atoms with van der Waals surface area (Å²) in [6, 6.07) is 9.02. The fourth-order valence-corrected chi connectivity index (χ4v) is 4.39. The van der Waals surface area contributed by atoms with E-state index in [-0.39, 0.29) is 29.7 Å². The molecule has 0 radical (unpaired) electrons. The molecule has 0 aliphatic rings. The van der Waals surface area contributed by atoms with E-state index in [0.717, 1.165) is 16.6 Å². The maximum absolute atomic E-state index is 13.6. The number of non-ortho nitro benzene ring substituents is 1. The number of carbonyl (C=O) groups is 2. The van der Waals surface area contributed by atoms with Crippen LogP contribution in [0.3, 0.4) is 0 Å². The number of amides is 2. The summed E-state index contributed by atoms with van der Waals surface area (Å²) in [5.41, 5.74) is 0.117. The van der Waals surface area contributed by atoms with Crippen LogP contribution in [0.1, 0.15) is 32.8 Å². The quantitative estimate of drug-likeness (QED) is 0.313. The maximum atomic E-state index is 13.6. The molecule has 0 spiro atoms. The van der Waals surface area contributed by atoms with Gasteiger partial charge in [0.15, 0.2) is 0 Å². The maximum Gasteiger partial charge on any atom is 0.271 e. The summed E-state index contributed by atoms with van der Waals surface area (Å²) in [6.45, 7) is 4.56. The fraction of sp³-hybridized carbons (Fsp3) is 0.417. The standard InChI is InChI=1S/C24H31ClN4O7S/c1-6-16(2)26-24(31)17(3)27(14-18-7-9-19(25)10-8-18)23(30)15-28(37(5,34)35)21-13-20(29(32)33)11-12-22(21)36-4/h7-13,16-17H,6,14-15H2,1-5H3,(H,26,31)/t16-,17+/m0/s1. The number of hydrogen-bond acceptors (Lipinski definition) is 7. The predicted molar refractivity (Wildman–Crippen MR) is 141 cm³/mol. The fourth-order valence-electron chi connectivity index (χ4n) is 3.42. The van der Waals surface area contributed by atoms with Crippen molar-refractivity contribution in [1.29, 1.82) is 0 Å². The van der Waals surface area contributed by atoms with Gasteiger partial charge in [0.25, 0.3) is 5.69 Å². The van der Waals surface area contributed by atoms with Crippen molar-refractivity contribution in [2.75, 3.05) is 24.2 Å². The van der Waals surface area contributed by atoms with Crippen LogP contribution >= 0.6 is 11.6 Å². The molecular weight excluding hydrogens is 524 g/mol. The number of sulfonamides is 1. The Hall–Kier alpha value is -3.38. The summed E-state index contributed by atoms with van der Waals surface area (Å²) in [5.74, 6) is -1.08. The lowest BCUT2D eigenvalue weighted by molar-refractivity contribution is -0.384. The molecule has 0 aliphatic carbocycles. The van der Waals surface area contributed by atoms with Crippen LogP contribution in [0.5, 0.6) is 5.75 Å². The lowest BCUT2D eigenvalue weighted by atomic mass is 10.1. The third kappa shape index (κ3) is 8.05. The number of rotatable bonds is 12. The zero-order valence-electron chi connectivity index (χ0n) is 21.3. The van der Waals surface area contributed by atoms with Gasteiger partial charge in [-0.1, -0.05) is 30.7 Å². The number of nitro groups is 1. The van der Waals surface area contributed by atoms with Crippen LogP contribution < -0.4 is 14.4 Å². The third-order valence-corrected chi connectivity index (χ3v) is 7.13. The molecule has 37 heavy (non-hydrogen) atoms. The van der Waals surface area contributed by atoms with Crippen LogP contribution in [0.4, 0.5) is 11.4 Å². The first-order valence-electron chi connectivity index (χ1n) is 11.4. The van der Waals surface area contributed by atoms with Gasteiger partial charge < -0.3 is 15.0 Å². The highest BCUT2D eigenvalue weighted by Crippen LogP contribution is 2.34. The molecule has 0 unspecified atom stereocenters. The average Bonchev–Trinajstić information content (AvgIpc) is 2.85. The number of hydrogen-bond donors (Lipinski definition) is 1. The highest BCUT2D eigenvalue weighted by Gasteiger charge is 2.32. The summed E-state index contributed by atoms with van der Waals surface area (Å²) < 4.78 is 31.5. The van der Waals surface area contributed by atoms with Crippen LogP contribution in [-0.2, 0) is 26.2 Å². The molecule has 0 saturated carbocycles. The van der Waals surface area contributed by atoms with E-state index in [4.69, 9.17) is 16.3 Å².